The topological polar surface area (TPSA) is 20.3 Å². The Kier molecular flexibility index (Phi) is 3.95. The molecule has 0 amide bonds. The largest absolute Gasteiger partial charge is 0.365 e. The summed E-state index contributed by atoms with van der Waals surface area (Å²) in [4.78, 5) is 13.7. The molecule has 0 spiro atoms. The zero-order valence-electron chi connectivity index (χ0n) is 11.1. The Bertz CT molecular complexity index is 578. The van der Waals surface area contributed by atoms with Gasteiger partial charge in [0.15, 0.2) is 5.78 Å². The zero-order chi connectivity index (χ0) is 13.8. The number of carbonyl (C=O) groups excluding carboxylic acids is 1. The maximum Gasteiger partial charge on any atom is 0.182 e. The molecule has 0 aliphatic rings. The molecule has 0 radical (unpaired) electrons. The lowest BCUT2D eigenvalue weighted by molar-refractivity contribution is 0.100. The molecule has 2 aromatic carbocycles. The van der Waals surface area contributed by atoms with E-state index in [1.54, 1.807) is 42.3 Å². The van der Waals surface area contributed by atoms with E-state index < -0.39 is 0 Å². The average Bonchev–Trinajstić information content (AvgIpc) is 2.39. The highest BCUT2D eigenvalue weighted by Crippen LogP contribution is 2.17. The Morgan fingerprint density at radius 1 is 1.11 bits per heavy atom. The Labute approximate surface area is 112 Å². The predicted octanol–water partition coefficient (Wildman–Crippen LogP) is 3.45. The van der Waals surface area contributed by atoms with Crippen molar-refractivity contribution in [1.29, 1.82) is 0 Å². The van der Waals surface area contributed by atoms with Gasteiger partial charge in [0.2, 0.25) is 0 Å². The van der Waals surface area contributed by atoms with Crippen LogP contribution in [0.3, 0.4) is 0 Å². The van der Waals surface area contributed by atoms with Gasteiger partial charge in [0.05, 0.1) is 12.2 Å². The number of aryl methyl sites for hydroxylation is 1. The van der Waals surface area contributed by atoms with Gasteiger partial charge in [-0.1, -0.05) is 42.0 Å². The van der Waals surface area contributed by atoms with E-state index in [1.165, 1.54) is 6.07 Å². The van der Waals surface area contributed by atoms with E-state index in [2.05, 4.69) is 0 Å². The van der Waals surface area contributed by atoms with Crippen LogP contribution in [-0.2, 0) is 0 Å². The first-order valence-corrected chi connectivity index (χ1v) is 6.13. The van der Waals surface area contributed by atoms with Crippen LogP contribution >= 0.6 is 0 Å². The van der Waals surface area contributed by atoms with Crippen LogP contribution in [-0.4, -0.2) is 19.4 Å². The molecule has 3 heteroatoms. The molecule has 0 aromatic heterocycles. The second-order valence-corrected chi connectivity index (χ2v) is 4.60. The van der Waals surface area contributed by atoms with E-state index in [9.17, 15) is 9.18 Å². The summed E-state index contributed by atoms with van der Waals surface area (Å²) in [6.45, 7) is 2.13. The number of halogens is 1. The van der Waals surface area contributed by atoms with Crippen LogP contribution in [0, 0.1) is 12.7 Å². The monoisotopic (exact) mass is 257 g/mol. The van der Waals surface area contributed by atoms with Crippen molar-refractivity contribution in [3.8, 4) is 0 Å². The van der Waals surface area contributed by atoms with Crippen LogP contribution in [0.25, 0.3) is 0 Å². The second kappa shape index (κ2) is 5.65. The lowest BCUT2D eigenvalue weighted by Gasteiger charge is -2.19. The van der Waals surface area contributed by atoms with Gasteiger partial charge < -0.3 is 4.90 Å². The van der Waals surface area contributed by atoms with E-state index >= 15 is 0 Å². The Morgan fingerprint density at radius 2 is 1.74 bits per heavy atom. The molecule has 0 saturated heterocycles. The third kappa shape index (κ3) is 3.19. The predicted molar refractivity (Wildman–Crippen MR) is 75.2 cm³/mol. The van der Waals surface area contributed by atoms with Crippen molar-refractivity contribution in [3.63, 3.8) is 0 Å². The summed E-state index contributed by atoms with van der Waals surface area (Å²) in [6.07, 6.45) is 0. The Balaban J connectivity index is 2.11. The number of hydrogen-bond donors (Lipinski definition) is 0. The van der Waals surface area contributed by atoms with Gasteiger partial charge in [0.1, 0.15) is 5.82 Å². The molecule has 0 atom stereocenters. The molecular weight excluding hydrogens is 241 g/mol. The van der Waals surface area contributed by atoms with Gasteiger partial charge in [0, 0.05) is 12.6 Å². The van der Waals surface area contributed by atoms with Gasteiger partial charge in [-0.2, -0.15) is 0 Å². The Morgan fingerprint density at radius 3 is 2.37 bits per heavy atom. The van der Waals surface area contributed by atoms with Gasteiger partial charge in [-0.25, -0.2) is 4.39 Å². The number of para-hydroxylation sites is 1. The number of likely N-dealkylation sites (N-methyl/N-ethyl adjacent to an activating group) is 1. The van der Waals surface area contributed by atoms with E-state index in [-0.39, 0.29) is 18.1 Å². The van der Waals surface area contributed by atoms with E-state index in [1.807, 2.05) is 19.1 Å². The van der Waals surface area contributed by atoms with Crippen molar-refractivity contribution >= 4 is 11.5 Å². The van der Waals surface area contributed by atoms with Crippen molar-refractivity contribution in [2.45, 2.75) is 6.92 Å². The SMILES string of the molecule is Cc1ccc(C(=O)CN(C)c2ccccc2F)cc1. The highest BCUT2D eigenvalue weighted by molar-refractivity contribution is 5.99. The first-order valence-electron chi connectivity index (χ1n) is 6.13. The van der Waals surface area contributed by atoms with Gasteiger partial charge in [-0.15, -0.1) is 0 Å². The van der Waals surface area contributed by atoms with Crippen molar-refractivity contribution < 1.29 is 9.18 Å². The second-order valence-electron chi connectivity index (χ2n) is 4.60. The number of nitrogens with zero attached hydrogens (tertiary/aromatic N) is 1. The molecule has 2 rings (SSSR count). The van der Waals surface area contributed by atoms with Crippen LogP contribution in [0.5, 0.6) is 0 Å². The molecule has 0 aliphatic heterocycles. The van der Waals surface area contributed by atoms with Gasteiger partial charge >= 0.3 is 0 Å². The fraction of sp³-hybridized carbons (Fsp3) is 0.188. The van der Waals surface area contributed by atoms with Crippen LogP contribution in [0.2, 0.25) is 0 Å². The number of ketones is 1. The third-order valence-electron chi connectivity index (χ3n) is 3.02. The van der Waals surface area contributed by atoms with Gasteiger partial charge in [-0.3, -0.25) is 4.79 Å². The maximum atomic E-state index is 13.6. The van der Waals surface area contributed by atoms with Gasteiger partial charge in [-0.05, 0) is 19.1 Å². The summed E-state index contributed by atoms with van der Waals surface area (Å²) in [5, 5.41) is 0. The van der Waals surface area contributed by atoms with Crippen molar-refractivity contribution in [3.05, 3.63) is 65.5 Å². The van der Waals surface area contributed by atoms with Crippen LogP contribution in [0.15, 0.2) is 48.5 Å². The molecule has 98 valence electrons. The van der Waals surface area contributed by atoms with Crippen molar-refractivity contribution in [2.24, 2.45) is 0 Å². The van der Waals surface area contributed by atoms with E-state index in [0.29, 0.717) is 11.3 Å². The van der Waals surface area contributed by atoms with Crippen LogP contribution < -0.4 is 4.90 Å². The summed E-state index contributed by atoms with van der Waals surface area (Å²) in [5.41, 5.74) is 2.19. The summed E-state index contributed by atoms with van der Waals surface area (Å²) < 4.78 is 13.6. The molecule has 0 saturated carbocycles. The third-order valence-corrected chi connectivity index (χ3v) is 3.02. The standard InChI is InChI=1S/C16H16FNO/c1-12-7-9-13(10-8-12)16(19)11-18(2)15-6-4-3-5-14(15)17/h3-10H,11H2,1-2H3. The summed E-state index contributed by atoms with van der Waals surface area (Å²) >= 11 is 0. The highest BCUT2D eigenvalue weighted by Gasteiger charge is 2.12. The molecule has 0 fully saturated rings. The molecular formula is C16H16FNO. The first-order chi connectivity index (χ1) is 9.08. The van der Waals surface area contributed by atoms with Crippen molar-refractivity contribution in [2.75, 3.05) is 18.5 Å². The normalized spacial score (nSPS) is 10.3. The molecule has 0 aliphatic carbocycles. The number of benzene rings is 2. The molecule has 0 unspecified atom stereocenters. The first kappa shape index (κ1) is 13.3. The van der Waals surface area contributed by atoms with E-state index in [0.717, 1.165) is 5.56 Å². The smallest absolute Gasteiger partial charge is 0.182 e. The lowest BCUT2D eigenvalue weighted by Crippen LogP contribution is -2.26. The number of hydrogen-bond acceptors (Lipinski definition) is 2. The minimum Gasteiger partial charge on any atom is -0.365 e. The molecule has 2 aromatic rings. The number of rotatable bonds is 4. The zero-order valence-corrected chi connectivity index (χ0v) is 11.1. The number of Topliss-reactive ketones (excluding diaryl/α,β-unsaturated/α-hetero) is 1. The lowest BCUT2D eigenvalue weighted by atomic mass is 10.1. The molecule has 0 heterocycles. The summed E-state index contributed by atoms with van der Waals surface area (Å²) in [6, 6.07) is 13.8. The number of carbonyl (C=O) groups is 1. The number of anilines is 1. The maximum absolute atomic E-state index is 13.6. The summed E-state index contributed by atoms with van der Waals surface area (Å²) in [7, 11) is 1.71. The minimum absolute atomic E-state index is 0.0225. The van der Waals surface area contributed by atoms with Crippen molar-refractivity contribution in [1.82, 2.24) is 0 Å². The molecule has 0 N–H and O–H groups in total. The van der Waals surface area contributed by atoms with E-state index in [4.69, 9.17) is 0 Å². The average molecular weight is 257 g/mol. The minimum atomic E-state index is -0.318. The molecule has 2 nitrogen and oxygen atoms in total. The molecule has 0 bridgehead atoms. The highest BCUT2D eigenvalue weighted by atomic mass is 19.1. The Hall–Kier alpha value is -2.16. The van der Waals surface area contributed by atoms with Gasteiger partial charge in [0.25, 0.3) is 0 Å². The fourth-order valence-corrected chi connectivity index (χ4v) is 1.89. The molecule has 19 heavy (non-hydrogen) atoms. The fourth-order valence-electron chi connectivity index (χ4n) is 1.89. The quantitative estimate of drug-likeness (QED) is 0.782. The van der Waals surface area contributed by atoms with Crippen LogP contribution in [0.1, 0.15) is 15.9 Å². The summed E-state index contributed by atoms with van der Waals surface area (Å²) in [5.74, 6) is -0.340. The van der Waals surface area contributed by atoms with Crippen LogP contribution in [0.4, 0.5) is 10.1 Å².